The summed E-state index contributed by atoms with van der Waals surface area (Å²) >= 11 is 0. The molecule has 0 amide bonds. The van der Waals surface area contributed by atoms with E-state index in [1.165, 1.54) is 38.8 Å². The average molecular weight is 228 g/mol. The first kappa shape index (κ1) is 13.9. The molecule has 1 heterocycles. The number of nitrogens with zero attached hydrogens (tertiary/aromatic N) is 1. The molecule has 96 valence electrons. The van der Waals surface area contributed by atoms with Gasteiger partial charge in [0.25, 0.3) is 0 Å². The van der Waals surface area contributed by atoms with Crippen molar-refractivity contribution in [2.75, 3.05) is 33.4 Å². The van der Waals surface area contributed by atoms with E-state index in [1.807, 2.05) is 0 Å². The Balaban J connectivity index is 2.06. The van der Waals surface area contributed by atoms with Gasteiger partial charge >= 0.3 is 0 Å². The monoisotopic (exact) mass is 228 g/mol. The minimum atomic E-state index is 0.736. The molecular formula is C13H28N2O. The molecule has 3 heteroatoms. The van der Waals surface area contributed by atoms with Crippen LogP contribution in [-0.2, 0) is 4.74 Å². The van der Waals surface area contributed by atoms with Crippen molar-refractivity contribution in [3.63, 3.8) is 0 Å². The highest BCUT2D eigenvalue weighted by molar-refractivity contribution is 4.82. The molecule has 0 spiro atoms. The quantitative estimate of drug-likeness (QED) is 0.673. The number of unbranched alkanes of at least 4 members (excludes halogenated alkanes) is 1. The summed E-state index contributed by atoms with van der Waals surface area (Å²) in [6.45, 7) is 9.10. The Kier molecular flexibility index (Phi) is 7.01. The van der Waals surface area contributed by atoms with Crippen LogP contribution in [0.3, 0.4) is 0 Å². The Morgan fingerprint density at radius 1 is 1.38 bits per heavy atom. The van der Waals surface area contributed by atoms with Gasteiger partial charge in [-0.25, -0.2) is 0 Å². The summed E-state index contributed by atoms with van der Waals surface area (Å²) in [7, 11) is 1.77. The number of hydrogen-bond donors (Lipinski definition) is 1. The van der Waals surface area contributed by atoms with Crippen LogP contribution >= 0.6 is 0 Å². The van der Waals surface area contributed by atoms with Crippen molar-refractivity contribution < 1.29 is 4.74 Å². The third kappa shape index (κ3) is 4.81. The Hall–Kier alpha value is -0.120. The second-order valence-electron chi connectivity index (χ2n) is 4.85. The first-order chi connectivity index (χ1) is 7.77. The topological polar surface area (TPSA) is 24.5 Å². The molecule has 1 fully saturated rings. The summed E-state index contributed by atoms with van der Waals surface area (Å²) in [4.78, 5) is 2.57. The van der Waals surface area contributed by atoms with Crippen molar-refractivity contribution in [2.24, 2.45) is 0 Å². The van der Waals surface area contributed by atoms with E-state index in [0.717, 1.165) is 25.2 Å². The third-order valence-corrected chi connectivity index (χ3v) is 3.63. The largest absolute Gasteiger partial charge is 0.385 e. The third-order valence-electron chi connectivity index (χ3n) is 3.63. The van der Waals surface area contributed by atoms with Crippen molar-refractivity contribution in [1.29, 1.82) is 0 Å². The van der Waals surface area contributed by atoms with Gasteiger partial charge in [-0.05, 0) is 52.2 Å². The first-order valence-corrected chi connectivity index (χ1v) is 6.74. The van der Waals surface area contributed by atoms with Crippen molar-refractivity contribution >= 4 is 0 Å². The second-order valence-corrected chi connectivity index (χ2v) is 4.85. The first-order valence-electron chi connectivity index (χ1n) is 6.74. The summed E-state index contributed by atoms with van der Waals surface area (Å²) in [5, 5.41) is 3.67. The van der Waals surface area contributed by atoms with E-state index >= 15 is 0 Å². The van der Waals surface area contributed by atoms with Gasteiger partial charge in [0.15, 0.2) is 0 Å². The predicted molar refractivity (Wildman–Crippen MR) is 68.8 cm³/mol. The summed E-state index contributed by atoms with van der Waals surface area (Å²) in [5.74, 6) is 0. The molecule has 2 atom stereocenters. The molecular weight excluding hydrogens is 200 g/mol. The van der Waals surface area contributed by atoms with E-state index in [9.17, 15) is 0 Å². The molecule has 1 N–H and O–H groups in total. The highest BCUT2D eigenvalue weighted by Crippen LogP contribution is 2.16. The highest BCUT2D eigenvalue weighted by atomic mass is 16.5. The zero-order chi connectivity index (χ0) is 11.8. The van der Waals surface area contributed by atoms with Gasteiger partial charge in [-0.1, -0.05) is 6.92 Å². The molecule has 1 saturated heterocycles. The fourth-order valence-corrected chi connectivity index (χ4v) is 2.55. The highest BCUT2D eigenvalue weighted by Gasteiger charge is 2.23. The van der Waals surface area contributed by atoms with Gasteiger partial charge < -0.3 is 15.0 Å². The molecule has 1 rings (SSSR count). The lowest BCUT2D eigenvalue weighted by Crippen LogP contribution is -2.47. The van der Waals surface area contributed by atoms with Gasteiger partial charge in [0.1, 0.15) is 0 Å². The van der Waals surface area contributed by atoms with Crippen LogP contribution in [0.1, 0.15) is 39.5 Å². The van der Waals surface area contributed by atoms with Crippen molar-refractivity contribution in [3.05, 3.63) is 0 Å². The average Bonchev–Trinajstić information content (AvgIpc) is 2.29. The zero-order valence-corrected chi connectivity index (χ0v) is 11.2. The lowest BCUT2D eigenvalue weighted by atomic mass is 9.98. The molecule has 0 bridgehead atoms. The number of hydrogen-bond acceptors (Lipinski definition) is 3. The normalized spacial score (nSPS) is 27.2. The Morgan fingerprint density at radius 2 is 2.19 bits per heavy atom. The van der Waals surface area contributed by atoms with E-state index < -0.39 is 0 Å². The molecule has 0 aromatic rings. The Bertz CT molecular complexity index is 175. The van der Waals surface area contributed by atoms with Crippen LogP contribution in [0.15, 0.2) is 0 Å². The van der Waals surface area contributed by atoms with Gasteiger partial charge in [-0.3, -0.25) is 0 Å². The van der Waals surface area contributed by atoms with E-state index in [0.29, 0.717) is 0 Å². The van der Waals surface area contributed by atoms with Crippen LogP contribution in [0.2, 0.25) is 0 Å². The summed E-state index contributed by atoms with van der Waals surface area (Å²) < 4.78 is 5.05. The number of piperidine rings is 1. The number of ether oxygens (including phenoxy) is 1. The van der Waals surface area contributed by atoms with E-state index in [2.05, 4.69) is 24.1 Å². The maximum atomic E-state index is 5.05. The standard InChI is InChI=1S/C13H28N2O/c1-4-15-9-7-13(11-12(15)2)14-8-5-6-10-16-3/h12-14H,4-11H2,1-3H3. The fourth-order valence-electron chi connectivity index (χ4n) is 2.55. The van der Waals surface area contributed by atoms with Crippen LogP contribution < -0.4 is 5.32 Å². The van der Waals surface area contributed by atoms with Gasteiger partial charge in [-0.2, -0.15) is 0 Å². The van der Waals surface area contributed by atoms with Crippen LogP contribution in [0, 0.1) is 0 Å². The smallest absolute Gasteiger partial charge is 0.0462 e. The molecule has 0 radical (unpaired) electrons. The second kappa shape index (κ2) is 8.04. The Labute approximate surface area is 101 Å². The van der Waals surface area contributed by atoms with Crippen molar-refractivity contribution in [1.82, 2.24) is 10.2 Å². The number of rotatable bonds is 7. The van der Waals surface area contributed by atoms with E-state index in [-0.39, 0.29) is 0 Å². The molecule has 0 aromatic carbocycles. The van der Waals surface area contributed by atoms with Gasteiger partial charge in [-0.15, -0.1) is 0 Å². The Morgan fingerprint density at radius 3 is 2.81 bits per heavy atom. The summed E-state index contributed by atoms with van der Waals surface area (Å²) in [5.41, 5.74) is 0. The molecule has 0 aliphatic carbocycles. The maximum Gasteiger partial charge on any atom is 0.0462 e. The van der Waals surface area contributed by atoms with Crippen LogP contribution in [-0.4, -0.2) is 50.3 Å². The zero-order valence-electron chi connectivity index (χ0n) is 11.2. The molecule has 0 aromatic heterocycles. The van der Waals surface area contributed by atoms with Crippen molar-refractivity contribution in [2.45, 2.75) is 51.6 Å². The van der Waals surface area contributed by atoms with E-state index in [1.54, 1.807) is 7.11 Å². The number of methoxy groups -OCH3 is 1. The molecule has 0 saturated carbocycles. The van der Waals surface area contributed by atoms with Crippen LogP contribution in [0.5, 0.6) is 0 Å². The molecule has 1 aliphatic heterocycles. The van der Waals surface area contributed by atoms with Crippen LogP contribution in [0.4, 0.5) is 0 Å². The minimum absolute atomic E-state index is 0.736. The fraction of sp³-hybridized carbons (Fsp3) is 1.00. The lowest BCUT2D eigenvalue weighted by molar-refractivity contribution is 0.142. The molecule has 1 aliphatic rings. The number of likely N-dealkylation sites (tertiary alicyclic amines) is 1. The molecule has 16 heavy (non-hydrogen) atoms. The van der Waals surface area contributed by atoms with Gasteiger partial charge in [0.05, 0.1) is 0 Å². The van der Waals surface area contributed by atoms with Gasteiger partial charge in [0.2, 0.25) is 0 Å². The number of nitrogens with one attached hydrogen (secondary N) is 1. The lowest BCUT2D eigenvalue weighted by Gasteiger charge is -2.37. The van der Waals surface area contributed by atoms with Crippen LogP contribution in [0.25, 0.3) is 0 Å². The maximum absolute atomic E-state index is 5.05. The van der Waals surface area contributed by atoms with Crippen molar-refractivity contribution in [3.8, 4) is 0 Å². The minimum Gasteiger partial charge on any atom is -0.385 e. The predicted octanol–water partition coefficient (Wildman–Crippen LogP) is 1.88. The summed E-state index contributed by atoms with van der Waals surface area (Å²) in [6.07, 6.45) is 5.02. The molecule has 3 nitrogen and oxygen atoms in total. The van der Waals surface area contributed by atoms with Gasteiger partial charge in [0, 0.05) is 25.8 Å². The molecule has 2 unspecified atom stereocenters. The summed E-state index contributed by atoms with van der Waals surface area (Å²) in [6, 6.07) is 1.48. The van der Waals surface area contributed by atoms with E-state index in [4.69, 9.17) is 4.74 Å². The SMILES string of the molecule is CCN1CCC(NCCCCOC)CC1C.